The maximum Gasteiger partial charge on any atom is 0.286 e. The van der Waals surface area contributed by atoms with Gasteiger partial charge in [-0.25, -0.2) is 9.97 Å². The largest absolute Gasteiger partial charge is 0.363 e. The first-order valence-electron chi connectivity index (χ1n) is 6.50. The molecule has 0 aliphatic carbocycles. The summed E-state index contributed by atoms with van der Waals surface area (Å²) in [6, 6.07) is 0. The molecule has 18 heavy (non-hydrogen) atoms. The van der Waals surface area contributed by atoms with Gasteiger partial charge in [-0.3, -0.25) is 9.69 Å². The summed E-state index contributed by atoms with van der Waals surface area (Å²) >= 11 is 0. The zero-order chi connectivity index (χ0) is 13.0. The van der Waals surface area contributed by atoms with Crippen LogP contribution in [0.5, 0.6) is 0 Å². The zero-order valence-corrected chi connectivity index (χ0v) is 10.8. The third-order valence-corrected chi connectivity index (χ3v) is 3.24. The van der Waals surface area contributed by atoms with Gasteiger partial charge in [-0.1, -0.05) is 19.8 Å². The number of fused-ring (bicyclic) bond motifs is 1. The summed E-state index contributed by atoms with van der Waals surface area (Å²) in [5, 5.41) is 0. The van der Waals surface area contributed by atoms with Gasteiger partial charge in [0.15, 0.2) is 0 Å². The van der Waals surface area contributed by atoms with E-state index in [0.717, 1.165) is 37.3 Å². The highest BCUT2D eigenvalue weighted by atomic mass is 16.1. The van der Waals surface area contributed by atoms with Crippen LogP contribution in [0, 0.1) is 6.20 Å². The van der Waals surface area contributed by atoms with Crippen molar-refractivity contribution in [3.05, 3.63) is 23.3 Å². The van der Waals surface area contributed by atoms with E-state index < -0.39 is 5.91 Å². The van der Waals surface area contributed by atoms with Crippen LogP contribution >= 0.6 is 0 Å². The van der Waals surface area contributed by atoms with Gasteiger partial charge in [0.2, 0.25) is 5.82 Å². The Bertz CT molecular complexity index is 433. The van der Waals surface area contributed by atoms with Crippen molar-refractivity contribution in [2.24, 2.45) is 5.73 Å². The van der Waals surface area contributed by atoms with Crippen LogP contribution in [0.25, 0.3) is 0 Å². The highest BCUT2D eigenvalue weighted by molar-refractivity contribution is 5.88. The van der Waals surface area contributed by atoms with E-state index in [-0.39, 0.29) is 5.82 Å². The number of rotatable bonds is 5. The molecule has 0 aromatic carbocycles. The van der Waals surface area contributed by atoms with Crippen molar-refractivity contribution in [2.45, 2.75) is 39.2 Å². The molecule has 0 atom stereocenters. The summed E-state index contributed by atoms with van der Waals surface area (Å²) in [6.07, 6.45) is 7.49. The van der Waals surface area contributed by atoms with E-state index >= 15 is 0 Å². The molecule has 5 heteroatoms. The van der Waals surface area contributed by atoms with E-state index in [1.807, 2.05) is 0 Å². The van der Waals surface area contributed by atoms with Gasteiger partial charge in [0, 0.05) is 18.7 Å². The average Bonchev–Trinajstić information content (AvgIpc) is 2.38. The molecule has 0 fully saturated rings. The second-order valence-electron chi connectivity index (χ2n) is 4.68. The summed E-state index contributed by atoms with van der Waals surface area (Å²) < 4.78 is 0. The van der Waals surface area contributed by atoms with E-state index in [1.54, 1.807) is 0 Å². The zero-order valence-electron chi connectivity index (χ0n) is 10.8. The summed E-state index contributed by atoms with van der Waals surface area (Å²) in [4.78, 5) is 21.5. The molecule has 1 aromatic rings. The first-order chi connectivity index (χ1) is 8.70. The van der Waals surface area contributed by atoms with Gasteiger partial charge >= 0.3 is 0 Å². The summed E-state index contributed by atoms with van der Waals surface area (Å²) in [5.41, 5.74) is 7.11. The van der Waals surface area contributed by atoms with Crippen LogP contribution in [0.1, 0.15) is 48.1 Å². The van der Waals surface area contributed by atoms with Gasteiger partial charge in [0.25, 0.3) is 5.91 Å². The molecule has 2 rings (SSSR count). The molecular formula is C13H19N4O. The lowest BCUT2D eigenvalue weighted by Gasteiger charge is -2.27. The van der Waals surface area contributed by atoms with Crippen molar-refractivity contribution >= 4 is 5.91 Å². The normalized spacial score (nSPS) is 15.4. The van der Waals surface area contributed by atoms with Crippen LogP contribution in [-0.2, 0) is 13.0 Å². The third-order valence-electron chi connectivity index (χ3n) is 3.24. The Morgan fingerprint density at radius 2 is 2.33 bits per heavy atom. The number of unbranched alkanes of at least 4 members (excludes halogenated alkanes) is 2. The lowest BCUT2D eigenvalue weighted by Crippen LogP contribution is -2.33. The predicted molar refractivity (Wildman–Crippen MR) is 67.9 cm³/mol. The molecule has 1 radical (unpaired) electrons. The number of carbonyl (C=O) groups is 1. The highest BCUT2D eigenvalue weighted by Gasteiger charge is 2.19. The molecule has 2 heterocycles. The average molecular weight is 247 g/mol. The number of nitrogens with two attached hydrogens (primary N) is 1. The molecule has 0 spiro atoms. The van der Waals surface area contributed by atoms with Crippen LogP contribution < -0.4 is 5.73 Å². The van der Waals surface area contributed by atoms with Crippen LogP contribution in [-0.4, -0.2) is 33.9 Å². The number of nitrogens with zero attached hydrogens (tertiary/aromatic N) is 3. The number of hydrogen-bond acceptors (Lipinski definition) is 4. The number of hydrogen-bond donors (Lipinski definition) is 1. The molecule has 1 amide bonds. The van der Waals surface area contributed by atoms with Crippen LogP contribution in [0.4, 0.5) is 0 Å². The minimum absolute atomic E-state index is 0.0733. The van der Waals surface area contributed by atoms with Crippen LogP contribution in [0.15, 0.2) is 0 Å². The Balaban J connectivity index is 2.02. The quantitative estimate of drug-likeness (QED) is 0.785. The fraction of sp³-hybridized carbons (Fsp3) is 0.615. The minimum Gasteiger partial charge on any atom is -0.363 e. The summed E-state index contributed by atoms with van der Waals surface area (Å²) in [7, 11) is 0. The standard InChI is InChI=1S/C13H19N4O/c1-2-3-4-6-17-7-5-10-8-15-13(12(14)18)16-11(10)9-17/h2-7,9H2,1H3,(H2,14,18). The Hall–Kier alpha value is -1.49. The predicted octanol–water partition coefficient (Wildman–Crippen LogP) is 0.924. The molecule has 2 N–H and O–H groups in total. The van der Waals surface area contributed by atoms with Crippen LogP contribution in [0.2, 0.25) is 0 Å². The molecule has 1 aliphatic rings. The molecule has 5 nitrogen and oxygen atoms in total. The SMILES string of the molecule is CCCCCN1CCc2[c]nc(C(N)=O)nc2C1. The van der Waals surface area contributed by atoms with Gasteiger partial charge < -0.3 is 5.73 Å². The third kappa shape index (κ3) is 3.04. The fourth-order valence-electron chi connectivity index (χ4n) is 2.18. The summed E-state index contributed by atoms with van der Waals surface area (Å²) in [5.74, 6) is -0.513. The van der Waals surface area contributed by atoms with Gasteiger partial charge in [-0.2, -0.15) is 0 Å². The van der Waals surface area contributed by atoms with E-state index in [4.69, 9.17) is 5.73 Å². The Morgan fingerprint density at radius 1 is 1.50 bits per heavy atom. The lowest BCUT2D eigenvalue weighted by molar-refractivity contribution is 0.0989. The number of amides is 1. The highest BCUT2D eigenvalue weighted by Crippen LogP contribution is 2.16. The summed E-state index contributed by atoms with van der Waals surface area (Å²) in [6.45, 7) is 5.08. The Morgan fingerprint density at radius 3 is 3.06 bits per heavy atom. The van der Waals surface area contributed by atoms with E-state index in [1.165, 1.54) is 19.3 Å². The molecule has 1 aliphatic heterocycles. The number of carbonyl (C=O) groups excluding carboxylic acids is 1. The van der Waals surface area contributed by atoms with E-state index in [2.05, 4.69) is 28.0 Å². The fourth-order valence-corrected chi connectivity index (χ4v) is 2.18. The van der Waals surface area contributed by atoms with Gasteiger partial charge in [-0.15, -0.1) is 0 Å². The maximum atomic E-state index is 11.0. The maximum absolute atomic E-state index is 11.0. The monoisotopic (exact) mass is 247 g/mol. The van der Waals surface area contributed by atoms with Gasteiger partial charge in [0.05, 0.1) is 11.9 Å². The lowest BCUT2D eigenvalue weighted by atomic mass is 10.1. The minimum atomic E-state index is -0.586. The molecule has 97 valence electrons. The second-order valence-corrected chi connectivity index (χ2v) is 4.68. The van der Waals surface area contributed by atoms with Crippen molar-refractivity contribution in [3.8, 4) is 0 Å². The van der Waals surface area contributed by atoms with E-state index in [0.29, 0.717) is 0 Å². The van der Waals surface area contributed by atoms with Crippen molar-refractivity contribution < 1.29 is 4.79 Å². The van der Waals surface area contributed by atoms with Gasteiger partial charge in [0.1, 0.15) is 0 Å². The van der Waals surface area contributed by atoms with Crippen molar-refractivity contribution in [1.82, 2.24) is 14.9 Å². The van der Waals surface area contributed by atoms with Crippen molar-refractivity contribution in [3.63, 3.8) is 0 Å². The smallest absolute Gasteiger partial charge is 0.286 e. The second kappa shape index (κ2) is 5.91. The number of primary amides is 1. The topological polar surface area (TPSA) is 72.1 Å². The van der Waals surface area contributed by atoms with Crippen molar-refractivity contribution in [1.29, 1.82) is 0 Å². The first-order valence-corrected chi connectivity index (χ1v) is 6.50. The molecule has 0 saturated carbocycles. The first kappa shape index (κ1) is 13.0. The molecule has 1 aromatic heterocycles. The number of aromatic nitrogens is 2. The van der Waals surface area contributed by atoms with Crippen LogP contribution in [0.3, 0.4) is 0 Å². The molecule has 0 unspecified atom stereocenters. The molecular weight excluding hydrogens is 228 g/mol. The van der Waals surface area contributed by atoms with Crippen molar-refractivity contribution in [2.75, 3.05) is 13.1 Å². The Labute approximate surface area is 107 Å². The van der Waals surface area contributed by atoms with E-state index in [9.17, 15) is 4.79 Å². The molecule has 0 saturated heterocycles. The Kier molecular flexibility index (Phi) is 4.25. The van der Waals surface area contributed by atoms with Gasteiger partial charge in [-0.05, 0) is 19.4 Å². The molecule has 0 bridgehead atoms.